The van der Waals surface area contributed by atoms with Gasteiger partial charge < -0.3 is 10.7 Å². The summed E-state index contributed by atoms with van der Waals surface area (Å²) in [5.74, 6) is 5.01. The van der Waals surface area contributed by atoms with Gasteiger partial charge in [-0.05, 0) is 30.3 Å². The number of rotatable bonds is 3. The first-order valence-corrected chi connectivity index (χ1v) is 5.46. The van der Waals surface area contributed by atoms with E-state index in [1.807, 2.05) is 6.07 Å². The first-order chi connectivity index (χ1) is 9.24. The summed E-state index contributed by atoms with van der Waals surface area (Å²) in [6, 6.07) is 10.2. The van der Waals surface area contributed by atoms with Gasteiger partial charge in [-0.1, -0.05) is 0 Å². The number of nitrogens with zero attached hydrogens (tertiary/aromatic N) is 2. The normalized spacial score (nSPS) is 9.47. The fraction of sp³-hybridized carbons (Fsp3) is 0. The zero-order valence-corrected chi connectivity index (χ0v) is 9.92. The summed E-state index contributed by atoms with van der Waals surface area (Å²) in [6.45, 7) is 0. The number of hydrogen-bond acceptors (Lipinski definition) is 5. The molecule has 0 aliphatic carbocycles. The van der Waals surface area contributed by atoms with Crippen LogP contribution in [0, 0.1) is 11.3 Å². The Bertz CT molecular complexity index is 630. The van der Waals surface area contributed by atoms with Gasteiger partial charge >= 0.3 is 0 Å². The Morgan fingerprint density at radius 3 is 2.63 bits per heavy atom. The molecule has 6 nitrogen and oxygen atoms in total. The lowest BCUT2D eigenvalue weighted by Gasteiger charge is -2.08. The molecule has 0 radical (unpaired) electrons. The van der Waals surface area contributed by atoms with Crippen molar-refractivity contribution in [1.29, 1.82) is 5.26 Å². The van der Waals surface area contributed by atoms with Crippen molar-refractivity contribution in [2.75, 3.05) is 10.7 Å². The maximum atomic E-state index is 12.0. The Morgan fingerprint density at radius 1 is 1.26 bits per heavy atom. The van der Waals surface area contributed by atoms with E-state index in [9.17, 15) is 4.79 Å². The molecule has 19 heavy (non-hydrogen) atoms. The highest BCUT2D eigenvalue weighted by molar-refractivity contribution is 6.07. The number of nitrogens with two attached hydrogens (primary N) is 1. The first kappa shape index (κ1) is 12.5. The average molecular weight is 253 g/mol. The van der Waals surface area contributed by atoms with Gasteiger partial charge in [0, 0.05) is 11.9 Å². The van der Waals surface area contributed by atoms with Crippen LogP contribution in [0.1, 0.15) is 15.9 Å². The first-order valence-electron chi connectivity index (χ1n) is 5.46. The summed E-state index contributed by atoms with van der Waals surface area (Å²) in [6.07, 6.45) is 2.97. The van der Waals surface area contributed by atoms with Crippen LogP contribution in [-0.2, 0) is 0 Å². The highest BCUT2D eigenvalue weighted by Crippen LogP contribution is 2.15. The summed E-state index contributed by atoms with van der Waals surface area (Å²) < 4.78 is 0. The molecule has 1 heterocycles. The van der Waals surface area contributed by atoms with Crippen LogP contribution in [0.25, 0.3) is 0 Å². The Balaban J connectivity index is 2.18. The van der Waals surface area contributed by atoms with Crippen molar-refractivity contribution in [3.63, 3.8) is 0 Å². The van der Waals surface area contributed by atoms with E-state index >= 15 is 0 Å². The number of carbonyl (C=O) groups excluding carboxylic acids is 1. The minimum Gasteiger partial charge on any atom is -0.322 e. The number of anilines is 2. The number of aromatic nitrogens is 1. The van der Waals surface area contributed by atoms with Gasteiger partial charge in [0.05, 0.1) is 29.1 Å². The summed E-state index contributed by atoms with van der Waals surface area (Å²) >= 11 is 0. The molecule has 2 rings (SSSR count). The monoisotopic (exact) mass is 253 g/mol. The van der Waals surface area contributed by atoms with E-state index in [4.69, 9.17) is 11.1 Å². The lowest BCUT2D eigenvalue weighted by atomic mass is 10.2. The molecule has 4 N–H and O–H groups in total. The number of hydrogen-bond donors (Lipinski definition) is 3. The number of pyridine rings is 1. The third kappa shape index (κ3) is 2.86. The van der Waals surface area contributed by atoms with Crippen LogP contribution >= 0.6 is 0 Å². The molecule has 94 valence electrons. The smallest absolute Gasteiger partial charge is 0.257 e. The predicted octanol–water partition coefficient (Wildman–Crippen LogP) is 1.49. The zero-order chi connectivity index (χ0) is 13.7. The quantitative estimate of drug-likeness (QED) is 0.568. The maximum Gasteiger partial charge on any atom is 0.257 e. The molecule has 0 unspecified atom stereocenters. The van der Waals surface area contributed by atoms with E-state index < -0.39 is 0 Å². The van der Waals surface area contributed by atoms with E-state index in [0.717, 1.165) is 0 Å². The van der Waals surface area contributed by atoms with Crippen molar-refractivity contribution in [2.45, 2.75) is 0 Å². The molecule has 0 saturated carbocycles. The van der Waals surface area contributed by atoms with Crippen LogP contribution in [0.5, 0.6) is 0 Å². The summed E-state index contributed by atoms with van der Waals surface area (Å²) in [5.41, 5.74) is 4.38. The second kappa shape index (κ2) is 5.62. The van der Waals surface area contributed by atoms with Crippen LogP contribution in [-0.4, -0.2) is 10.9 Å². The number of nitrogens with one attached hydrogen (secondary N) is 2. The number of hydrazine groups is 1. The Hall–Kier alpha value is -2.91. The lowest BCUT2D eigenvalue weighted by Crippen LogP contribution is -2.17. The van der Waals surface area contributed by atoms with Crippen molar-refractivity contribution < 1.29 is 4.79 Å². The van der Waals surface area contributed by atoms with Crippen molar-refractivity contribution in [2.24, 2.45) is 5.84 Å². The fourth-order valence-corrected chi connectivity index (χ4v) is 1.53. The Kier molecular flexibility index (Phi) is 3.71. The van der Waals surface area contributed by atoms with Gasteiger partial charge in [-0.2, -0.15) is 5.26 Å². The molecule has 0 spiro atoms. The SMILES string of the molecule is N#Cc1ccc(NC(=O)c2ccncc2NN)cc1. The van der Waals surface area contributed by atoms with Crippen LogP contribution in [0.3, 0.4) is 0 Å². The molecule has 0 aliphatic heterocycles. The van der Waals surface area contributed by atoms with Crippen molar-refractivity contribution in [3.05, 3.63) is 53.9 Å². The Morgan fingerprint density at radius 2 is 2.00 bits per heavy atom. The van der Waals surface area contributed by atoms with Crippen LogP contribution in [0.4, 0.5) is 11.4 Å². The fourth-order valence-electron chi connectivity index (χ4n) is 1.53. The number of benzene rings is 1. The minimum absolute atomic E-state index is 0.306. The average Bonchev–Trinajstić information content (AvgIpc) is 2.48. The maximum absolute atomic E-state index is 12.0. The standard InChI is InChI=1S/C13H11N5O/c14-7-9-1-3-10(4-2-9)17-13(19)11-5-6-16-8-12(11)18-15/h1-6,8,18H,15H2,(H,17,19). The molecule has 1 amide bonds. The lowest BCUT2D eigenvalue weighted by molar-refractivity contribution is 0.102. The Labute approximate surface area is 109 Å². The molecule has 0 saturated heterocycles. The number of nitrogen functional groups attached to an aromatic ring is 1. The number of carbonyl (C=O) groups is 1. The van der Waals surface area contributed by atoms with Crippen LogP contribution in [0.2, 0.25) is 0 Å². The van der Waals surface area contributed by atoms with Crippen LogP contribution in [0.15, 0.2) is 42.7 Å². The number of amides is 1. The molecule has 0 bridgehead atoms. The minimum atomic E-state index is -0.306. The molecular weight excluding hydrogens is 242 g/mol. The highest BCUT2D eigenvalue weighted by atomic mass is 16.1. The van der Waals surface area contributed by atoms with Gasteiger partial charge in [0.1, 0.15) is 0 Å². The van der Waals surface area contributed by atoms with Crippen LogP contribution < -0.4 is 16.6 Å². The van der Waals surface area contributed by atoms with Gasteiger partial charge in [-0.15, -0.1) is 0 Å². The van der Waals surface area contributed by atoms with Gasteiger partial charge in [0.25, 0.3) is 5.91 Å². The molecule has 0 atom stereocenters. The third-order valence-electron chi connectivity index (χ3n) is 2.49. The van der Waals surface area contributed by atoms with Crippen molar-refractivity contribution >= 4 is 17.3 Å². The van der Waals surface area contributed by atoms with Crippen molar-refractivity contribution in [3.8, 4) is 6.07 Å². The number of nitriles is 1. The molecular formula is C13H11N5O. The third-order valence-corrected chi connectivity index (χ3v) is 2.49. The van der Waals surface area contributed by atoms with E-state index in [-0.39, 0.29) is 5.91 Å². The van der Waals surface area contributed by atoms with E-state index in [1.54, 1.807) is 30.3 Å². The molecule has 1 aromatic heterocycles. The molecule has 1 aromatic carbocycles. The zero-order valence-electron chi connectivity index (χ0n) is 9.92. The summed E-state index contributed by atoms with van der Waals surface area (Å²) in [5, 5.41) is 11.4. The van der Waals surface area contributed by atoms with Gasteiger partial charge in [-0.3, -0.25) is 15.6 Å². The molecule has 6 heteroatoms. The van der Waals surface area contributed by atoms with Gasteiger partial charge in [-0.25, -0.2) is 0 Å². The molecule has 0 aliphatic rings. The summed E-state index contributed by atoms with van der Waals surface area (Å²) in [7, 11) is 0. The van der Waals surface area contributed by atoms with Gasteiger partial charge in [0.15, 0.2) is 0 Å². The largest absolute Gasteiger partial charge is 0.322 e. The predicted molar refractivity (Wildman–Crippen MR) is 71.2 cm³/mol. The summed E-state index contributed by atoms with van der Waals surface area (Å²) in [4.78, 5) is 15.9. The second-order valence-electron chi connectivity index (χ2n) is 3.71. The molecule has 0 fully saturated rings. The van der Waals surface area contributed by atoms with E-state index in [1.165, 1.54) is 12.4 Å². The molecule has 2 aromatic rings. The highest BCUT2D eigenvalue weighted by Gasteiger charge is 2.10. The van der Waals surface area contributed by atoms with Gasteiger partial charge in [0.2, 0.25) is 0 Å². The topological polar surface area (TPSA) is 104 Å². The second-order valence-corrected chi connectivity index (χ2v) is 3.71. The van der Waals surface area contributed by atoms with Crippen molar-refractivity contribution in [1.82, 2.24) is 4.98 Å². The van der Waals surface area contributed by atoms with E-state index in [2.05, 4.69) is 15.7 Å². The van der Waals surface area contributed by atoms with E-state index in [0.29, 0.717) is 22.5 Å².